The number of morpholine rings is 1. The number of hydrogen-bond donors (Lipinski definition) is 2. The normalized spacial score (nSPS) is 21.6. The van der Waals surface area contributed by atoms with Crippen molar-refractivity contribution in [2.45, 2.75) is 19.5 Å². The topological polar surface area (TPSA) is 51.8 Å². The minimum Gasteiger partial charge on any atom is -0.454 e. The molecule has 3 rings (SSSR count). The van der Waals surface area contributed by atoms with E-state index < -0.39 is 0 Å². The Bertz CT molecular complexity index is 445. The number of benzene rings is 1. The van der Waals surface area contributed by atoms with E-state index in [4.69, 9.17) is 14.2 Å². The lowest BCUT2D eigenvalue weighted by Crippen LogP contribution is -2.47. The number of fused-ring (bicyclic) bond motifs is 1. The van der Waals surface area contributed by atoms with Gasteiger partial charge in [-0.05, 0) is 30.2 Å². The average molecular weight is 264 g/mol. The molecule has 1 aromatic carbocycles. The molecule has 2 heterocycles. The van der Waals surface area contributed by atoms with E-state index in [1.165, 1.54) is 11.1 Å². The van der Waals surface area contributed by atoms with Gasteiger partial charge in [-0.1, -0.05) is 0 Å². The quantitative estimate of drug-likeness (QED) is 0.842. The van der Waals surface area contributed by atoms with E-state index in [9.17, 15) is 0 Å². The lowest BCUT2D eigenvalue weighted by atomic mass is 10.1. The van der Waals surface area contributed by atoms with E-state index in [1.807, 2.05) is 6.07 Å². The molecule has 0 spiro atoms. The van der Waals surface area contributed by atoms with Crippen LogP contribution in [0.5, 0.6) is 11.5 Å². The fourth-order valence-corrected chi connectivity index (χ4v) is 2.41. The Balaban J connectivity index is 1.54. The van der Waals surface area contributed by atoms with E-state index in [1.54, 1.807) is 0 Å². The first-order valence-corrected chi connectivity index (χ1v) is 6.74. The molecule has 1 aromatic rings. The van der Waals surface area contributed by atoms with Gasteiger partial charge in [-0.3, -0.25) is 0 Å². The van der Waals surface area contributed by atoms with Crippen LogP contribution in [-0.4, -0.2) is 39.1 Å². The van der Waals surface area contributed by atoms with Crippen molar-refractivity contribution < 1.29 is 14.2 Å². The summed E-state index contributed by atoms with van der Waals surface area (Å²) in [5, 5.41) is 6.89. The predicted octanol–water partition coefficient (Wildman–Crippen LogP) is 0.802. The third kappa shape index (κ3) is 3.00. The van der Waals surface area contributed by atoms with Crippen LogP contribution < -0.4 is 20.1 Å². The van der Waals surface area contributed by atoms with Crippen LogP contribution in [0.3, 0.4) is 0 Å². The third-order valence-electron chi connectivity index (χ3n) is 3.54. The molecule has 104 valence electrons. The van der Waals surface area contributed by atoms with Crippen molar-refractivity contribution in [2.75, 3.05) is 33.1 Å². The van der Waals surface area contributed by atoms with Gasteiger partial charge in [0.1, 0.15) is 0 Å². The first-order chi connectivity index (χ1) is 9.33. The zero-order chi connectivity index (χ0) is 13.1. The number of rotatable bonds is 4. The zero-order valence-electron chi connectivity index (χ0n) is 11.2. The van der Waals surface area contributed by atoms with Gasteiger partial charge in [0.2, 0.25) is 6.79 Å². The molecule has 1 saturated heterocycles. The molecule has 1 atom stereocenters. The molecule has 0 amide bonds. The molecular weight excluding hydrogens is 244 g/mol. The second-order valence-electron chi connectivity index (χ2n) is 4.99. The Kier molecular flexibility index (Phi) is 3.87. The van der Waals surface area contributed by atoms with E-state index in [2.05, 4.69) is 23.6 Å². The van der Waals surface area contributed by atoms with Crippen molar-refractivity contribution in [2.24, 2.45) is 0 Å². The molecule has 0 bridgehead atoms. The van der Waals surface area contributed by atoms with Crippen LogP contribution in [-0.2, 0) is 11.3 Å². The average Bonchev–Trinajstić information content (AvgIpc) is 2.87. The molecule has 0 aliphatic carbocycles. The molecule has 2 aliphatic rings. The van der Waals surface area contributed by atoms with E-state index in [0.29, 0.717) is 12.8 Å². The highest BCUT2D eigenvalue weighted by atomic mass is 16.7. The molecule has 1 fully saturated rings. The highest BCUT2D eigenvalue weighted by molar-refractivity contribution is 5.48. The van der Waals surface area contributed by atoms with Gasteiger partial charge in [-0.25, -0.2) is 0 Å². The second-order valence-corrected chi connectivity index (χ2v) is 4.99. The molecule has 0 saturated carbocycles. The Morgan fingerprint density at radius 1 is 1.32 bits per heavy atom. The summed E-state index contributed by atoms with van der Waals surface area (Å²) in [5.41, 5.74) is 2.48. The van der Waals surface area contributed by atoms with Crippen LogP contribution in [0.15, 0.2) is 12.1 Å². The van der Waals surface area contributed by atoms with Crippen LogP contribution in [0.25, 0.3) is 0 Å². The lowest BCUT2D eigenvalue weighted by Gasteiger charge is -2.24. The second kappa shape index (κ2) is 5.77. The van der Waals surface area contributed by atoms with Crippen molar-refractivity contribution >= 4 is 0 Å². The first kappa shape index (κ1) is 12.7. The van der Waals surface area contributed by atoms with Gasteiger partial charge in [0, 0.05) is 25.7 Å². The smallest absolute Gasteiger partial charge is 0.231 e. The standard InChI is InChI=1S/C14H20N2O3/c1-10-4-13-14(19-9-18-13)5-11(10)6-15-7-12-8-17-3-2-16-12/h4-5,12,15-16H,2-3,6-9H2,1H3. The Labute approximate surface area is 113 Å². The minimum atomic E-state index is 0.328. The van der Waals surface area contributed by atoms with Crippen molar-refractivity contribution in [1.82, 2.24) is 10.6 Å². The highest BCUT2D eigenvalue weighted by Gasteiger charge is 2.16. The summed E-state index contributed by atoms with van der Waals surface area (Å²) >= 11 is 0. The highest BCUT2D eigenvalue weighted by Crippen LogP contribution is 2.34. The minimum absolute atomic E-state index is 0.328. The molecule has 5 heteroatoms. The number of ether oxygens (including phenoxy) is 3. The predicted molar refractivity (Wildman–Crippen MR) is 71.6 cm³/mol. The lowest BCUT2D eigenvalue weighted by molar-refractivity contribution is 0.0766. The fourth-order valence-electron chi connectivity index (χ4n) is 2.41. The Hall–Kier alpha value is -1.30. The van der Waals surface area contributed by atoms with Gasteiger partial charge in [-0.15, -0.1) is 0 Å². The monoisotopic (exact) mass is 264 g/mol. The number of aryl methyl sites for hydroxylation is 1. The van der Waals surface area contributed by atoms with Gasteiger partial charge in [-0.2, -0.15) is 0 Å². The van der Waals surface area contributed by atoms with Crippen LogP contribution >= 0.6 is 0 Å². The van der Waals surface area contributed by atoms with Crippen LogP contribution in [0, 0.1) is 6.92 Å². The summed E-state index contributed by atoms with van der Waals surface area (Å²) in [6.07, 6.45) is 0. The van der Waals surface area contributed by atoms with E-state index in [0.717, 1.165) is 44.3 Å². The number of hydrogen-bond acceptors (Lipinski definition) is 5. The van der Waals surface area contributed by atoms with Gasteiger partial charge in [0.25, 0.3) is 0 Å². The summed E-state index contributed by atoms with van der Waals surface area (Å²) < 4.78 is 16.2. The summed E-state index contributed by atoms with van der Waals surface area (Å²) in [5.74, 6) is 1.70. The van der Waals surface area contributed by atoms with Crippen molar-refractivity contribution in [1.29, 1.82) is 0 Å². The van der Waals surface area contributed by atoms with E-state index in [-0.39, 0.29) is 0 Å². The molecule has 0 aromatic heterocycles. The maximum atomic E-state index is 5.43. The SMILES string of the molecule is Cc1cc2c(cc1CNCC1COCCN1)OCO2. The van der Waals surface area contributed by atoms with Gasteiger partial charge in [0.15, 0.2) is 11.5 Å². The fraction of sp³-hybridized carbons (Fsp3) is 0.571. The van der Waals surface area contributed by atoms with Crippen molar-refractivity contribution in [3.63, 3.8) is 0 Å². The van der Waals surface area contributed by atoms with Gasteiger partial charge >= 0.3 is 0 Å². The number of nitrogens with one attached hydrogen (secondary N) is 2. The maximum absolute atomic E-state index is 5.43. The summed E-state index contributed by atoms with van der Waals surface area (Å²) in [6, 6.07) is 4.51. The third-order valence-corrected chi connectivity index (χ3v) is 3.54. The largest absolute Gasteiger partial charge is 0.454 e. The first-order valence-electron chi connectivity index (χ1n) is 6.74. The van der Waals surface area contributed by atoms with Crippen molar-refractivity contribution in [3.05, 3.63) is 23.3 Å². The molecule has 1 unspecified atom stereocenters. The summed E-state index contributed by atoms with van der Waals surface area (Å²) in [7, 11) is 0. The van der Waals surface area contributed by atoms with Crippen LogP contribution in [0.1, 0.15) is 11.1 Å². The Morgan fingerprint density at radius 2 is 2.16 bits per heavy atom. The Morgan fingerprint density at radius 3 is 2.95 bits per heavy atom. The van der Waals surface area contributed by atoms with Crippen LogP contribution in [0.4, 0.5) is 0 Å². The van der Waals surface area contributed by atoms with E-state index >= 15 is 0 Å². The van der Waals surface area contributed by atoms with Crippen molar-refractivity contribution in [3.8, 4) is 11.5 Å². The molecule has 19 heavy (non-hydrogen) atoms. The van der Waals surface area contributed by atoms with Crippen LogP contribution in [0.2, 0.25) is 0 Å². The summed E-state index contributed by atoms with van der Waals surface area (Å²) in [4.78, 5) is 0. The molecule has 2 N–H and O–H groups in total. The maximum Gasteiger partial charge on any atom is 0.231 e. The zero-order valence-corrected chi connectivity index (χ0v) is 11.2. The van der Waals surface area contributed by atoms with Gasteiger partial charge in [0.05, 0.1) is 13.2 Å². The molecule has 0 radical (unpaired) electrons. The molecule has 2 aliphatic heterocycles. The van der Waals surface area contributed by atoms with Gasteiger partial charge < -0.3 is 24.8 Å². The molecule has 5 nitrogen and oxygen atoms in total. The summed E-state index contributed by atoms with van der Waals surface area (Å²) in [6.45, 7) is 6.71. The molecular formula is C14H20N2O3.